The summed E-state index contributed by atoms with van der Waals surface area (Å²) in [7, 11) is 0. The minimum Gasteiger partial charge on any atom is -0.465 e. The maximum Gasteiger partial charge on any atom is 0.302 e. The predicted molar refractivity (Wildman–Crippen MR) is 44.4 cm³/mol. The molecule has 0 aromatic carbocycles. The first-order valence-electron chi connectivity index (χ1n) is 4.11. The van der Waals surface area contributed by atoms with Gasteiger partial charge in [-0.25, -0.2) is 0 Å². The van der Waals surface area contributed by atoms with Crippen LogP contribution in [0, 0.1) is 0 Å². The summed E-state index contributed by atoms with van der Waals surface area (Å²) in [5.41, 5.74) is 0. The highest BCUT2D eigenvalue weighted by Crippen LogP contribution is 1.81. The average molecular weight is 159 g/mol. The van der Waals surface area contributed by atoms with Crippen molar-refractivity contribution in [2.45, 2.75) is 26.7 Å². The third kappa shape index (κ3) is 9.43. The van der Waals surface area contributed by atoms with E-state index in [2.05, 4.69) is 12.2 Å². The molecule has 0 bridgehead atoms. The Kier molecular flexibility index (Phi) is 7.15. The summed E-state index contributed by atoms with van der Waals surface area (Å²) in [6, 6.07) is 0. The van der Waals surface area contributed by atoms with Crippen molar-refractivity contribution in [2.75, 3.05) is 19.7 Å². The Morgan fingerprint density at radius 1 is 1.45 bits per heavy atom. The molecule has 3 heteroatoms. The van der Waals surface area contributed by atoms with Crippen LogP contribution < -0.4 is 5.32 Å². The van der Waals surface area contributed by atoms with Crippen molar-refractivity contribution >= 4 is 5.97 Å². The molecule has 1 N–H and O–H groups in total. The Bertz CT molecular complexity index is 104. The molecule has 3 nitrogen and oxygen atoms in total. The van der Waals surface area contributed by atoms with Crippen LogP contribution >= 0.6 is 0 Å². The molecule has 11 heavy (non-hydrogen) atoms. The molecule has 0 aliphatic carbocycles. The largest absolute Gasteiger partial charge is 0.465 e. The van der Waals surface area contributed by atoms with Crippen LogP contribution in [0.5, 0.6) is 0 Å². The number of hydrogen-bond acceptors (Lipinski definition) is 3. The van der Waals surface area contributed by atoms with Crippen LogP contribution in [0.15, 0.2) is 0 Å². The summed E-state index contributed by atoms with van der Waals surface area (Å²) >= 11 is 0. The summed E-state index contributed by atoms with van der Waals surface area (Å²) in [4.78, 5) is 10.3. The summed E-state index contributed by atoms with van der Waals surface area (Å²) in [6.45, 7) is 5.83. The Hall–Kier alpha value is -0.570. The van der Waals surface area contributed by atoms with Gasteiger partial charge in [-0.1, -0.05) is 13.3 Å². The molecule has 66 valence electrons. The van der Waals surface area contributed by atoms with Crippen molar-refractivity contribution < 1.29 is 9.53 Å². The lowest BCUT2D eigenvalue weighted by Gasteiger charge is -2.02. The Labute approximate surface area is 68.1 Å². The van der Waals surface area contributed by atoms with Crippen LogP contribution in [-0.2, 0) is 9.53 Å². The normalized spacial score (nSPS) is 9.64. The van der Waals surface area contributed by atoms with Crippen LogP contribution in [0.25, 0.3) is 0 Å². The third-order valence-corrected chi connectivity index (χ3v) is 1.29. The van der Waals surface area contributed by atoms with Crippen LogP contribution in [0.4, 0.5) is 0 Å². The maximum atomic E-state index is 10.3. The lowest BCUT2D eigenvalue weighted by atomic mass is 10.3. The zero-order chi connectivity index (χ0) is 8.53. The number of unbranched alkanes of at least 4 members (excludes halogenated alkanes) is 1. The van der Waals surface area contributed by atoms with Gasteiger partial charge < -0.3 is 10.1 Å². The van der Waals surface area contributed by atoms with Gasteiger partial charge >= 0.3 is 5.97 Å². The third-order valence-electron chi connectivity index (χ3n) is 1.29. The highest BCUT2D eigenvalue weighted by Gasteiger charge is 1.90. The number of carbonyl (C=O) groups is 1. The highest BCUT2D eigenvalue weighted by molar-refractivity contribution is 5.65. The molecular weight excluding hydrogens is 142 g/mol. The van der Waals surface area contributed by atoms with E-state index < -0.39 is 0 Å². The van der Waals surface area contributed by atoms with Gasteiger partial charge in [-0.15, -0.1) is 0 Å². The first-order chi connectivity index (χ1) is 5.27. The highest BCUT2D eigenvalue weighted by atomic mass is 16.5. The molecule has 0 amide bonds. The van der Waals surface area contributed by atoms with Crippen molar-refractivity contribution in [3.63, 3.8) is 0 Å². The van der Waals surface area contributed by atoms with Crippen molar-refractivity contribution in [3.05, 3.63) is 0 Å². The topological polar surface area (TPSA) is 38.3 Å². The van der Waals surface area contributed by atoms with E-state index in [1.165, 1.54) is 19.8 Å². The van der Waals surface area contributed by atoms with Gasteiger partial charge in [-0.3, -0.25) is 4.79 Å². The number of hydrogen-bond donors (Lipinski definition) is 1. The number of rotatable bonds is 6. The van der Waals surface area contributed by atoms with Crippen molar-refractivity contribution in [1.29, 1.82) is 0 Å². The molecule has 0 radical (unpaired) electrons. The maximum absolute atomic E-state index is 10.3. The van der Waals surface area contributed by atoms with E-state index in [1.54, 1.807) is 0 Å². The molecule has 0 atom stereocenters. The van der Waals surface area contributed by atoms with Gasteiger partial charge in [0.25, 0.3) is 0 Å². The average Bonchev–Trinajstić information content (AvgIpc) is 1.96. The lowest BCUT2D eigenvalue weighted by molar-refractivity contribution is -0.140. The van der Waals surface area contributed by atoms with Crippen molar-refractivity contribution in [2.24, 2.45) is 0 Å². The molecule has 0 aliphatic rings. The molecule has 0 rings (SSSR count). The molecule has 0 heterocycles. The van der Waals surface area contributed by atoms with Gasteiger partial charge in [0.1, 0.15) is 6.61 Å². The second-order valence-corrected chi connectivity index (χ2v) is 2.44. The number of ether oxygens (including phenoxy) is 1. The number of carbonyl (C=O) groups excluding carboxylic acids is 1. The van der Waals surface area contributed by atoms with Gasteiger partial charge in [0.05, 0.1) is 0 Å². The fourth-order valence-electron chi connectivity index (χ4n) is 0.694. The molecule has 0 saturated heterocycles. The second kappa shape index (κ2) is 7.54. The van der Waals surface area contributed by atoms with E-state index in [1.807, 2.05) is 0 Å². The smallest absolute Gasteiger partial charge is 0.302 e. The Balaban J connectivity index is 2.85. The van der Waals surface area contributed by atoms with E-state index >= 15 is 0 Å². The summed E-state index contributed by atoms with van der Waals surface area (Å²) in [6.07, 6.45) is 2.38. The van der Waals surface area contributed by atoms with Gasteiger partial charge in [0.2, 0.25) is 0 Å². The van der Waals surface area contributed by atoms with Crippen molar-refractivity contribution in [1.82, 2.24) is 5.32 Å². The van der Waals surface area contributed by atoms with E-state index in [4.69, 9.17) is 4.74 Å². The summed E-state index contributed by atoms with van der Waals surface area (Å²) in [5, 5.41) is 3.16. The molecule has 0 fully saturated rings. The molecular formula is C8H17NO2. The van der Waals surface area contributed by atoms with Gasteiger partial charge in [-0.2, -0.15) is 0 Å². The van der Waals surface area contributed by atoms with Gasteiger partial charge in [0, 0.05) is 13.5 Å². The summed E-state index contributed by atoms with van der Waals surface area (Å²) in [5.74, 6) is -0.206. The first-order valence-corrected chi connectivity index (χ1v) is 4.11. The second-order valence-electron chi connectivity index (χ2n) is 2.44. The minimum absolute atomic E-state index is 0.206. The number of nitrogens with one attached hydrogen (secondary N) is 1. The predicted octanol–water partition coefficient (Wildman–Crippen LogP) is 0.939. The van der Waals surface area contributed by atoms with E-state index in [0.717, 1.165) is 13.1 Å². The van der Waals surface area contributed by atoms with E-state index in [9.17, 15) is 4.79 Å². The molecule has 0 spiro atoms. The van der Waals surface area contributed by atoms with Crippen LogP contribution in [0.1, 0.15) is 26.7 Å². The Morgan fingerprint density at radius 2 is 2.18 bits per heavy atom. The molecule has 0 aliphatic heterocycles. The Morgan fingerprint density at radius 3 is 2.73 bits per heavy atom. The molecule has 0 aromatic heterocycles. The van der Waals surface area contributed by atoms with Crippen LogP contribution in [0.3, 0.4) is 0 Å². The first kappa shape index (κ1) is 10.4. The van der Waals surface area contributed by atoms with Crippen molar-refractivity contribution in [3.8, 4) is 0 Å². The monoisotopic (exact) mass is 159 g/mol. The quantitative estimate of drug-likeness (QED) is 0.463. The fourth-order valence-corrected chi connectivity index (χ4v) is 0.694. The van der Waals surface area contributed by atoms with Crippen LogP contribution in [-0.4, -0.2) is 25.7 Å². The summed E-state index contributed by atoms with van der Waals surface area (Å²) < 4.78 is 4.72. The van der Waals surface area contributed by atoms with Gasteiger partial charge in [0.15, 0.2) is 0 Å². The van der Waals surface area contributed by atoms with Crippen LogP contribution in [0.2, 0.25) is 0 Å². The standard InChI is InChI=1S/C8H17NO2/c1-3-4-5-9-6-7-11-8(2)10/h9H,3-7H2,1-2H3. The number of esters is 1. The van der Waals surface area contributed by atoms with E-state index in [0.29, 0.717) is 6.61 Å². The van der Waals surface area contributed by atoms with E-state index in [-0.39, 0.29) is 5.97 Å². The van der Waals surface area contributed by atoms with Gasteiger partial charge in [-0.05, 0) is 13.0 Å². The fraction of sp³-hybridized carbons (Fsp3) is 0.875. The molecule has 0 aromatic rings. The lowest BCUT2D eigenvalue weighted by Crippen LogP contribution is -2.21. The zero-order valence-corrected chi connectivity index (χ0v) is 7.35. The minimum atomic E-state index is -0.206. The molecule has 0 unspecified atom stereocenters. The SMILES string of the molecule is CCCCNCCOC(C)=O. The zero-order valence-electron chi connectivity index (χ0n) is 7.35. The molecule has 0 saturated carbocycles.